The van der Waals surface area contributed by atoms with E-state index in [4.69, 9.17) is 10.8 Å². The van der Waals surface area contributed by atoms with Crippen molar-refractivity contribution in [2.24, 2.45) is 11.1 Å². The van der Waals surface area contributed by atoms with Gasteiger partial charge in [0, 0.05) is 0 Å². The predicted octanol–water partition coefficient (Wildman–Crippen LogP) is 3.45. The molecular formula is C16H23NO2. The Morgan fingerprint density at radius 2 is 1.89 bits per heavy atom. The van der Waals surface area contributed by atoms with Gasteiger partial charge < -0.3 is 10.8 Å². The summed E-state index contributed by atoms with van der Waals surface area (Å²) in [5, 5.41) is 9.12. The molecule has 1 aliphatic carbocycles. The zero-order chi connectivity index (χ0) is 14.0. The molecule has 3 nitrogen and oxygen atoms in total. The van der Waals surface area contributed by atoms with Gasteiger partial charge in [-0.2, -0.15) is 0 Å². The van der Waals surface area contributed by atoms with E-state index in [9.17, 15) is 4.79 Å². The van der Waals surface area contributed by atoms with Gasteiger partial charge in [0.2, 0.25) is 0 Å². The van der Waals surface area contributed by atoms with Gasteiger partial charge in [0.1, 0.15) is 6.04 Å². The van der Waals surface area contributed by atoms with E-state index in [0.717, 1.165) is 24.0 Å². The minimum absolute atomic E-state index is 0.417. The number of nitrogens with two attached hydrogens (primary N) is 1. The molecule has 1 fully saturated rings. The minimum atomic E-state index is -0.955. The average Bonchev–Trinajstić information content (AvgIpc) is 2.38. The van der Waals surface area contributed by atoms with Gasteiger partial charge in [-0.05, 0) is 48.1 Å². The molecule has 2 rings (SSSR count). The van der Waals surface area contributed by atoms with Crippen molar-refractivity contribution >= 4 is 5.97 Å². The van der Waals surface area contributed by atoms with E-state index >= 15 is 0 Å². The number of benzene rings is 1. The summed E-state index contributed by atoms with van der Waals surface area (Å²) in [6.45, 7) is 4.61. The van der Waals surface area contributed by atoms with Gasteiger partial charge in [-0.15, -0.1) is 0 Å². The summed E-state index contributed by atoms with van der Waals surface area (Å²) >= 11 is 0. The third-order valence-corrected chi connectivity index (χ3v) is 4.38. The predicted molar refractivity (Wildman–Crippen MR) is 76.0 cm³/mol. The van der Waals surface area contributed by atoms with Crippen molar-refractivity contribution in [3.63, 3.8) is 0 Å². The van der Waals surface area contributed by atoms with Crippen LogP contribution in [0.4, 0.5) is 0 Å². The van der Waals surface area contributed by atoms with Crippen LogP contribution in [0.5, 0.6) is 0 Å². The van der Waals surface area contributed by atoms with E-state index in [1.54, 1.807) is 0 Å². The largest absolute Gasteiger partial charge is 0.480 e. The van der Waals surface area contributed by atoms with Crippen molar-refractivity contribution in [3.8, 4) is 0 Å². The van der Waals surface area contributed by atoms with Crippen LogP contribution in [-0.4, -0.2) is 11.1 Å². The summed E-state index contributed by atoms with van der Waals surface area (Å²) in [6, 6.07) is 6.84. The molecule has 1 unspecified atom stereocenters. The first-order valence-electron chi connectivity index (χ1n) is 6.98. The summed E-state index contributed by atoms with van der Waals surface area (Å²) in [4.78, 5) is 11.1. The smallest absolute Gasteiger partial charge is 0.325 e. The van der Waals surface area contributed by atoms with Gasteiger partial charge in [-0.3, -0.25) is 4.79 Å². The monoisotopic (exact) mass is 261 g/mol. The molecule has 1 aliphatic rings. The second kappa shape index (κ2) is 5.33. The Bertz CT molecular complexity index is 458. The first-order chi connectivity index (χ1) is 8.91. The van der Waals surface area contributed by atoms with E-state index in [0.29, 0.717) is 11.3 Å². The number of aliphatic carboxylic acids is 1. The standard InChI is InChI=1S/C16H23NO2/c1-16(2)9-7-11(8-10-16)12-5-3-4-6-13(12)14(17)15(18)19/h3-6,11,14H,7-10,17H2,1-2H3,(H,18,19). The van der Waals surface area contributed by atoms with Crippen LogP contribution in [0, 0.1) is 5.41 Å². The second-order valence-corrected chi connectivity index (χ2v) is 6.38. The molecule has 0 heterocycles. The van der Waals surface area contributed by atoms with E-state index in [-0.39, 0.29) is 0 Å². The number of carbonyl (C=O) groups is 1. The Morgan fingerprint density at radius 3 is 2.47 bits per heavy atom. The molecular weight excluding hydrogens is 238 g/mol. The van der Waals surface area contributed by atoms with Crippen LogP contribution in [0.2, 0.25) is 0 Å². The van der Waals surface area contributed by atoms with Gasteiger partial charge in [0.15, 0.2) is 0 Å². The highest BCUT2D eigenvalue weighted by Crippen LogP contribution is 2.43. The fourth-order valence-corrected chi connectivity index (χ4v) is 3.01. The Balaban J connectivity index is 2.23. The van der Waals surface area contributed by atoms with Crippen molar-refractivity contribution in [3.05, 3.63) is 35.4 Å². The maximum absolute atomic E-state index is 11.1. The summed E-state index contributed by atoms with van der Waals surface area (Å²) < 4.78 is 0. The maximum atomic E-state index is 11.1. The lowest BCUT2D eigenvalue weighted by molar-refractivity contribution is -0.138. The van der Waals surface area contributed by atoms with E-state index in [1.165, 1.54) is 12.8 Å². The number of hydrogen-bond donors (Lipinski definition) is 2. The van der Waals surface area contributed by atoms with Crippen LogP contribution >= 0.6 is 0 Å². The third kappa shape index (κ3) is 3.16. The Morgan fingerprint density at radius 1 is 1.32 bits per heavy atom. The molecule has 3 heteroatoms. The summed E-state index contributed by atoms with van der Waals surface area (Å²) in [5.74, 6) is -0.502. The van der Waals surface area contributed by atoms with Crippen molar-refractivity contribution in [2.45, 2.75) is 51.5 Å². The number of rotatable bonds is 3. The molecule has 19 heavy (non-hydrogen) atoms. The molecule has 3 N–H and O–H groups in total. The van der Waals surface area contributed by atoms with Crippen molar-refractivity contribution < 1.29 is 9.90 Å². The lowest BCUT2D eigenvalue weighted by Gasteiger charge is -2.35. The summed E-state index contributed by atoms with van der Waals surface area (Å²) in [6.07, 6.45) is 4.62. The summed E-state index contributed by atoms with van der Waals surface area (Å²) in [5.41, 5.74) is 8.13. The lowest BCUT2D eigenvalue weighted by Crippen LogP contribution is -2.25. The fourth-order valence-electron chi connectivity index (χ4n) is 3.01. The molecule has 0 aliphatic heterocycles. The SMILES string of the molecule is CC1(C)CCC(c2ccccc2C(N)C(=O)O)CC1. The van der Waals surface area contributed by atoms with Crippen LogP contribution in [0.1, 0.15) is 62.6 Å². The zero-order valence-corrected chi connectivity index (χ0v) is 11.7. The van der Waals surface area contributed by atoms with Crippen molar-refractivity contribution in [1.29, 1.82) is 0 Å². The first-order valence-corrected chi connectivity index (χ1v) is 6.98. The quantitative estimate of drug-likeness (QED) is 0.876. The highest BCUT2D eigenvalue weighted by atomic mass is 16.4. The molecule has 0 radical (unpaired) electrons. The molecule has 1 aromatic rings. The van der Waals surface area contributed by atoms with Crippen LogP contribution in [-0.2, 0) is 4.79 Å². The minimum Gasteiger partial charge on any atom is -0.480 e. The van der Waals surface area contributed by atoms with Crippen LogP contribution in [0.15, 0.2) is 24.3 Å². The Hall–Kier alpha value is -1.35. The molecule has 0 aromatic heterocycles. The van der Waals surface area contributed by atoms with Gasteiger partial charge in [-0.1, -0.05) is 38.1 Å². The van der Waals surface area contributed by atoms with Gasteiger partial charge in [0.05, 0.1) is 0 Å². The fraction of sp³-hybridized carbons (Fsp3) is 0.562. The summed E-state index contributed by atoms with van der Waals surface area (Å²) in [7, 11) is 0. The third-order valence-electron chi connectivity index (χ3n) is 4.38. The van der Waals surface area contributed by atoms with E-state index < -0.39 is 12.0 Å². The van der Waals surface area contributed by atoms with Crippen LogP contribution < -0.4 is 5.73 Å². The maximum Gasteiger partial charge on any atom is 0.325 e. The normalized spacial score (nSPS) is 21.0. The molecule has 0 spiro atoms. The Kier molecular flexibility index (Phi) is 3.95. The highest BCUT2D eigenvalue weighted by Gasteiger charge is 2.30. The van der Waals surface area contributed by atoms with E-state index in [2.05, 4.69) is 13.8 Å². The molecule has 1 aromatic carbocycles. The molecule has 104 valence electrons. The van der Waals surface area contributed by atoms with Gasteiger partial charge >= 0.3 is 5.97 Å². The zero-order valence-electron chi connectivity index (χ0n) is 11.7. The molecule has 0 saturated heterocycles. The lowest BCUT2D eigenvalue weighted by atomic mass is 9.70. The number of hydrogen-bond acceptors (Lipinski definition) is 2. The molecule has 0 amide bonds. The highest BCUT2D eigenvalue weighted by molar-refractivity contribution is 5.75. The van der Waals surface area contributed by atoms with Gasteiger partial charge in [-0.25, -0.2) is 0 Å². The van der Waals surface area contributed by atoms with Crippen molar-refractivity contribution in [1.82, 2.24) is 0 Å². The van der Waals surface area contributed by atoms with Crippen LogP contribution in [0.3, 0.4) is 0 Å². The van der Waals surface area contributed by atoms with Crippen molar-refractivity contribution in [2.75, 3.05) is 0 Å². The van der Waals surface area contributed by atoms with Crippen LogP contribution in [0.25, 0.3) is 0 Å². The molecule has 1 atom stereocenters. The number of carboxylic acid groups (broad SMARTS) is 1. The molecule has 1 saturated carbocycles. The van der Waals surface area contributed by atoms with E-state index in [1.807, 2.05) is 24.3 Å². The molecule has 0 bridgehead atoms. The first kappa shape index (κ1) is 14.1. The number of carboxylic acids is 1. The topological polar surface area (TPSA) is 63.3 Å². The Labute approximate surface area is 114 Å². The van der Waals surface area contributed by atoms with Gasteiger partial charge in [0.25, 0.3) is 0 Å². The average molecular weight is 261 g/mol. The second-order valence-electron chi connectivity index (χ2n) is 6.38.